The van der Waals surface area contributed by atoms with E-state index in [4.69, 9.17) is 10.5 Å². The van der Waals surface area contributed by atoms with E-state index in [9.17, 15) is 0 Å². The summed E-state index contributed by atoms with van der Waals surface area (Å²) >= 11 is 0. The SMILES string of the molecule is COC(C)CC1(N)CCCCC1. The fourth-order valence-corrected chi connectivity index (χ4v) is 2.12. The van der Waals surface area contributed by atoms with Crippen molar-refractivity contribution in [3.05, 3.63) is 0 Å². The van der Waals surface area contributed by atoms with Crippen LogP contribution in [-0.2, 0) is 4.74 Å². The second kappa shape index (κ2) is 4.24. The van der Waals surface area contributed by atoms with Crippen molar-refractivity contribution in [1.82, 2.24) is 0 Å². The van der Waals surface area contributed by atoms with Gasteiger partial charge >= 0.3 is 0 Å². The van der Waals surface area contributed by atoms with Crippen LogP contribution < -0.4 is 5.73 Å². The van der Waals surface area contributed by atoms with Crippen LogP contribution in [0.1, 0.15) is 45.4 Å². The fourth-order valence-electron chi connectivity index (χ4n) is 2.12. The minimum absolute atomic E-state index is 0.0771. The Kier molecular flexibility index (Phi) is 3.53. The molecule has 0 aromatic rings. The first-order valence-corrected chi connectivity index (χ1v) is 4.98. The molecular weight excluding hydrogens is 150 g/mol. The Bertz CT molecular complexity index is 130. The van der Waals surface area contributed by atoms with Crippen LogP contribution in [0.5, 0.6) is 0 Å². The second-order valence-electron chi connectivity index (χ2n) is 4.17. The molecule has 2 nitrogen and oxygen atoms in total. The molecule has 0 aromatic carbocycles. The summed E-state index contributed by atoms with van der Waals surface area (Å²) in [5.41, 5.74) is 6.33. The third-order valence-corrected chi connectivity index (χ3v) is 2.95. The lowest BCUT2D eigenvalue weighted by atomic mass is 9.79. The summed E-state index contributed by atoms with van der Waals surface area (Å²) in [5, 5.41) is 0. The van der Waals surface area contributed by atoms with Crippen LogP contribution in [0.3, 0.4) is 0 Å². The van der Waals surface area contributed by atoms with Gasteiger partial charge in [0.1, 0.15) is 0 Å². The molecule has 1 atom stereocenters. The Morgan fingerprint density at radius 1 is 1.33 bits per heavy atom. The van der Waals surface area contributed by atoms with Gasteiger partial charge < -0.3 is 10.5 Å². The zero-order chi connectivity index (χ0) is 9.03. The minimum atomic E-state index is 0.0771. The summed E-state index contributed by atoms with van der Waals surface area (Å²) in [6.07, 6.45) is 7.65. The molecule has 2 N–H and O–H groups in total. The first kappa shape index (κ1) is 10.0. The Morgan fingerprint density at radius 3 is 2.42 bits per heavy atom. The van der Waals surface area contributed by atoms with Crippen molar-refractivity contribution in [3.8, 4) is 0 Å². The molecule has 0 radical (unpaired) electrons. The number of hydrogen-bond donors (Lipinski definition) is 1. The Balaban J connectivity index is 2.35. The molecule has 1 fully saturated rings. The van der Waals surface area contributed by atoms with Gasteiger partial charge in [-0.25, -0.2) is 0 Å². The molecule has 1 rings (SSSR count). The van der Waals surface area contributed by atoms with Crippen LogP contribution in [0.25, 0.3) is 0 Å². The lowest BCUT2D eigenvalue weighted by Gasteiger charge is -2.35. The van der Waals surface area contributed by atoms with Gasteiger partial charge in [0.05, 0.1) is 6.10 Å². The molecule has 0 bridgehead atoms. The van der Waals surface area contributed by atoms with Crippen LogP contribution >= 0.6 is 0 Å². The van der Waals surface area contributed by atoms with Gasteiger partial charge in [-0.2, -0.15) is 0 Å². The molecular formula is C10H21NO. The molecule has 0 amide bonds. The Labute approximate surface area is 75.5 Å². The van der Waals surface area contributed by atoms with Gasteiger partial charge in [0, 0.05) is 12.6 Å². The van der Waals surface area contributed by atoms with Crippen LogP contribution in [0.15, 0.2) is 0 Å². The monoisotopic (exact) mass is 171 g/mol. The lowest BCUT2D eigenvalue weighted by Crippen LogP contribution is -2.44. The smallest absolute Gasteiger partial charge is 0.0560 e. The Hall–Kier alpha value is -0.0800. The molecule has 72 valence electrons. The molecule has 0 saturated heterocycles. The molecule has 2 heteroatoms. The molecule has 0 aliphatic heterocycles. The highest BCUT2D eigenvalue weighted by Crippen LogP contribution is 2.29. The molecule has 0 heterocycles. The van der Waals surface area contributed by atoms with Gasteiger partial charge in [0.2, 0.25) is 0 Å². The minimum Gasteiger partial charge on any atom is -0.382 e. The molecule has 1 aliphatic carbocycles. The highest BCUT2D eigenvalue weighted by Gasteiger charge is 2.28. The maximum absolute atomic E-state index is 6.26. The van der Waals surface area contributed by atoms with E-state index in [1.54, 1.807) is 7.11 Å². The fraction of sp³-hybridized carbons (Fsp3) is 1.00. The van der Waals surface area contributed by atoms with Gasteiger partial charge in [-0.1, -0.05) is 19.3 Å². The van der Waals surface area contributed by atoms with Gasteiger partial charge in [0.25, 0.3) is 0 Å². The summed E-state index contributed by atoms with van der Waals surface area (Å²) < 4.78 is 5.24. The van der Waals surface area contributed by atoms with Crippen LogP contribution in [-0.4, -0.2) is 18.8 Å². The van der Waals surface area contributed by atoms with E-state index in [1.165, 1.54) is 32.1 Å². The van der Waals surface area contributed by atoms with Crippen molar-refractivity contribution in [1.29, 1.82) is 0 Å². The van der Waals surface area contributed by atoms with Crippen molar-refractivity contribution < 1.29 is 4.74 Å². The van der Waals surface area contributed by atoms with Crippen LogP contribution in [0.2, 0.25) is 0 Å². The van der Waals surface area contributed by atoms with Crippen LogP contribution in [0, 0.1) is 0 Å². The molecule has 1 unspecified atom stereocenters. The van der Waals surface area contributed by atoms with Crippen molar-refractivity contribution >= 4 is 0 Å². The van der Waals surface area contributed by atoms with Crippen LogP contribution in [0.4, 0.5) is 0 Å². The topological polar surface area (TPSA) is 35.2 Å². The van der Waals surface area contributed by atoms with Gasteiger partial charge in [-0.15, -0.1) is 0 Å². The van der Waals surface area contributed by atoms with E-state index >= 15 is 0 Å². The van der Waals surface area contributed by atoms with Crippen molar-refractivity contribution in [2.45, 2.75) is 57.1 Å². The maximum atomic E-state index is 6.26. The average molecular weight is 171 g/mol. The highest BCUT2D eigenvalue weighted by atomic mass is 16.5. The lowest BCUT2D eigenvalue weighted by molar-refractivity contribution is 0.0783. The van der Waals surface area contributed by atoms with Crippen molar-refractivity contribution in [3.63, 3.8) is 0 Å². The van der Waals surface area contributed by atoms with Gasteiger partial charge in [0.15, 0.2) is 0 Å². The summed E-state index contributed by atoms with van der Waals surface area (Å²) in [5.74, 6) is 0. The average Bonchev–Trinajstić information content (AvgIpc) is 2.05. The van der Waals surface area contributed by atoms with E-state index < -0.39 is 0 Å². The maximum Gasteiger partial charge on any atom is 0.0560 e. The quantitative estimate of drug-likeness (QED) is 0.705. The number of methoxy groups -OCH3 is 1. The largest absolute Gasteiger partial charge is 0.382 e. The number of hydrogen-bond acceptors (Lipinski definition) is 2. The van der Waals surface area contributed by atoms with Gasteiger partial charge in [-0.05, 0) is 26.2 Å². The number of rotatable bonds is 3. The standard InChI is InChI=1S/C10H21NO/c1-9(12-2)8-10(11)6-4-3-5-7-10/h9H,3-8,11H2,1-2H3. The third-order valence-electron chi connectivity index (χ3n) is 2.95. The highest BCUT2D eigenvalue weighted by molar-refractivity contribution is 4.88. The van der Waals surface area contributed by atoms with Crippen molar-refractivity contribution in [2.24, 2.45) is 5.73 Å². The van der Waals surface area contributed by atoms with E-state index in [0.29, 0.717) is 6.10 Å². The summed E-state index contributed by atoms with van der Waals surface area (Å²) in [7, 11) is 1.76. The molecule has 1 saturated carbocycles. The van der Waals surface area contributed by atoms with Crippen molar-refractivity contribution in [2.75, 3.05) is 7.11 Å². The third kappa shape index (κ3) is 2.76. The number of nitrogens with two attached hydrogens (primary N) is 1. The molecule has 1 aliphatic rings. The zero-order valence-electron chi connectivity index (χ0n) is 8.31. The predicted molar refractivity (Wildman–Crippen MR) is 51.1 cm³/mol. The second-order valence-corrected chi connectivity index (χ2v) is 4.17. The number of ether oxygens (including phenoxy) is 1. The van der Waals surface area contributed by atoms with E-state index in [0.717, 1.165) is 6.42 Å². The molecule has 0 aromatic heterocycles. The first-order valence-electron chi connectivity index (χ1n) is 4.98. The first-order chi connectivity index (χ1) is 5.66. The summed E-state index contributed by atoms with van der Waals surface area (Å²) in [6.45, 7) is 2.10. The van der Waals surface area contributed by atoms with E-state index in [1.807, 2.05) is 0 Å². The predicted octanol–water partition coefficient (Wildman–Crippen LogP) is 2.07. The Morgan fingerprint density at radius 2 is 1.92 bits per heavy atom. The molecule has 12 heavy (non-hydrogen) atoms. The summed E-state index contributed by atoms with van der Waals surface area (Å²) in [6, 6.07) is 0. The van der Waals surface area contributed by atoms with E-state index in [-0.39, 0.29) is 5.54 Å². The van der Waals surface area contributed by atoms with E-state index in [2.05, 4.69) is 6.92 Å². The normalized spacial score (nSPS) is 25.2. The molecule has 0 spiro atoms. The van der Waals surface area contributed by atoms with Gasteiger partial charge in [-0.3, -0.25) is 0 Å². The summed E-state index contributed by atoms with van der Waals surface area (Å²) in [4.78, 5) is 0. The zero-order valence-corrected chi connectivity index (χ0v) is 8.31.